The van der Waals surface area contributed by atoms with E-state index in [4.69, 9.17) is 10.5 Å². The zero-order valence-corrected chi connectivity index (χ0v) is 12.4. The number of nitrogens with zero attached hydrogens (tertiary/aromatic N) is 2. The van der Waals surface area contributed by atoms with Crippen LogP contribution in [0.5, 0.6) is 5.75 Å². The molecule has 0 radical (unpaired) electrons. The molecular weight excluding hydrogens is 254 g/mol. The Balaban J connectivity index is 1.91. The normalized spacial score (nSPS) is 23.6. The molecule has 20 heavy (non-hydrogen) atoms. The first-order valence-corrected chi connectivity index (χ1v) is 6.96. The topological polar surface area (TPSA) is 58.8 Å². The molecule has 0 spiro atoms. The van der Waals surface area contributed by atoms with Gasteiger partial charge in [-0.15, -0.1) is 0 Å². The van der Waals surface area contributed by atoms with Crippen molar-refractivity contribution in [2.75, 3.05) is 32.5 Å². The molecule has 1 aromatic rings. The second-order valence-corrected chi connectivity index (χ2v) is 5.49. The van der Waals surface area contributed by atoms with Crippen LogP contribution in [0, 0.1) is 0 Å². The number of piperazine rings is 1. The van der Waals surface area contributed by atoms with E-state index < -0.39 is 0 Å². The van der Waals surface area contributed by atoms with Crippen molar-refractivity contribution in [3.05, 3.63) is 24.3 Å². The average Bonchev–Trinajstić information content (AvgIpc) is 2.43. The van der Waals surface area contributed by atoms with E-state index in [0.29, 0.717) is 23.5 Å². The van der Waals surface area contributed by atoms with E-state index in [2.05, 4.69) is 25.8 Å². The number of benzene rings is 1. The Morgan fingerprint density at radius 1 is 1.30 bits per heavy atom. The van der Waals surface area contributed by atoms with Crippen molar-refractivity contribution in [1.82, 2.24) is 9.80 Å². The molecule has 1 aliphatic heterocycles. The number of hydrogen-bond donors (Lipinski definition) is 1. The monoisotopic (exact) mass is 277 g/mol. The van der Waals surface area contributed by atoms with Crippen LogP contribution in [0.25, 0.3) is 0 Å². The van der Waals surface area contributed by atoms with Gasteiger partial charge in [-0.05, 0) is 33.0 Å². The Bertz CT molecular complexity index is 466. The van der Waals surface area contributed by atoms with Crippen molar-refractivity contribution < 1.29 is 9.53 Å². The smallest absolute Gasteiger partial charge is 0.260 e. The fraction of sp³-hybridized carbons (Fsp3) is 0.533. The van der Waals surface area contributed by atoms with Crippen LogP contribution in [-0.4, -0.2) is 54.5 Å². The number of anilines is 1. The highest BCUT2D eigenvalue weighted by molar-refractivity contribution is 5.78. The molecule has 0 aliphatic carbocycles. The Kier molecular flexibility index (Phi) is 4.49. The van der Waals surface area contributed by atoms with E-state index in [9.17, 15) is 4.79 Å². The highest BCUT2D eigenvalue weighted by Crippen LogP contribution is 2.20. The predicted octanol–water partition coefficient (Wildman–Crippen LogP) is 1.20. The lowest BCUT2D eigenvalue weighted by molar-refractivity contribution is -0.137. The minimum atomic E-state index is 0.0139. The van der Waals surface area contributed by atoms with Crippen molar-refractivity contribution in [2.45, 2.75) is 25.9 Å². The Labute approximate surface area is 120 Å². The lowest BCUT2D eigenvalue weighted by Crippen LogP contribution is -2.57. The number of likely N-dealkylation sites (N-methyl/N-ethyl adjacent to an activating group) is 1. The molecule has 2 rings (SSSR count). The summed E-state index contributed by atoms with van der Waals surface area (Å²) in [5.74, 6) is 0.580. The van der Waals surface area contributed by atoms with Crippen molar-refractivity contribution in [1.29, 1.82) is 0 Å². The number of nitrogen functional groups attached to an aromatic ring is 1. The summed E-state index contributed by atoms with van der Waals surface area (Å²) in [6.07, 6.45) is 0. The Hall–Kier alpha value is -1.75. The number of ether oxygens (including phenoxy) is 1. The van der Waals surface area contributed by atoms with Crippen LogP contribution in [0.4, 0.5) is 5.69 Å². The number of carbonyl (C=O) groups is 1. The molecule has 0 bridgehead atoms. The summed E-state index contributed by atoms with van der Waals surface area (Å²) in [6.45, 7) is 5.79. The SMILES string of the molecule is CC1CN(C(=O)COc2ccccc2N)CC(C)N1C. The van der Waals surface area contributed by atoms with Crippen LogP contribution in [0.3, 0.4) is 0 Å². The van der Waals surface area contributed by atoms with Crippen molar-refractivity contribution in [3.8, 4) is 5.75 Å². The quantitative estimate of drug-likeness (QED) is 0.843. The molecule has 1 aliphatic rings. The van der Waals surface area contributed by atoms with Crippen LogP contribution < -0.4 is 10.5 Å². The van der Waals surface area contributed by atoms with Crippen LogP contribution in [-0.2, 0) is 4.79 Å². The zero-order chi connectivity index (χ0) is 14.7. The Morgan fingerprint density at radius 3 is 2.50 bits per heavy atom. The number of rotatable bonds is 3. The molecule has 2 atom stereocenters. The third kappa shape index (κ3) is 3.22. The van der Waals surface area contributed by atoms with E-state index >= 15 is 0 Å². The van der Waals surface area contributed by atoms with Gasteiger partial charge < -0.3 is 15.4 Å². The number of para-hydroxylation sites is 2. The summed E-state index contributed by atoms with van der Waals surface area (Å²) in [5.41, 5.74) is 6.35. The largest absolute Gasteiger partial charge is 0.482 e. The molecule has 1 heterocycles. The van der Waals surface area contributed by atoms with Crippen LogP contribution in [0.2, 0.25) is 0 Å². The van der Waals surface area contributed by atoms with Crippen molar-refractivity contribution in [2.24, 2.45) is 0 Å². The molecular formula is C15H23N3O2. The number of carbonyl (C=O) groups excluding carboxylic acids is 1. The molecule has 1 fully saturated rings. The van der Waals surface area contributed by atoms with Crippen LogP contribution >= 0.6 is 0 Å². The first-order chi connectivity index (χ1) is 9.49. The van der Waals surface area contributed by atoms with Gasteiger partial charge in [-0.2, -0.15) is 0 Å². The van der Waals surface area contributed by atoms with E-state index in [-0.39, 0.29) is 12.5 Å². The molecule has 110 valence electrons. The predicted molar refractivity (Wildman–Crippen MR) is 79.6 cm³/mol. The standard InChI is InChI=1S/C15H23N3O2/c1-11-8-18(9-12(2)17(11)3)15(19)10-20-14-7-5-4-6-13(14)16/h4-7,11-12H,8-10,16H2,1-3H3. The van der Waals surface area contributed by atoms with E-state index in [1.807, 2.05) is 17.0 Å². The van der Waals surface area contributed by atoms with Gasteiger partial charge in [0.05, 0.1) is 5.69 Å². The number of amides is 1. The third-order valence-electron chi connectivity index (χ3n) is 3.98. The number of nitrogens with two attached hydrogens (primary N) is 1. The van der Waals surface area contributed by atoms with E-state index in [1.54, 1.807) is 12.1 Å². The maximum absolute atomic E-state index is 12.2. The highest BCUT2D eigenvalue weighted by atomic mass is 16.5. The minimum Gasteiger partial charge on any atom is -0.482 e. The second kappa shape index (κ2) is 6.13. The average molecular weight is 277 g/mol. The summed E-state index contributed by atoms with van der Waals surface area (Å²) in [6, 6.07) is 7.95. The fourth-order valence-electron chi connectivity index (χ4n) is 2.45. The van der Waals surface area contributed by atoms with Gasteiger partial charge in [0.15, 0.2) is 6.61 Å². The van der Waals surface area contributed by atoms with Crippen molar-refractivity contribution in [3.63, 3.8) is 0 Å². The molecule has 1 aromatic carbocycles. The maximum Gasteiger partial charge on any atom is 0.260 e. The maximum atomic E-state index is 12.2. The van der Waals surface area contributed by atoms with E-state index in [0.717, 1.165) is 13.1 Å². The molecule has 1 saturated heterocycles. The summed E-state index contributed by atoms with van der Waals surface area (Å²) in [5, 5.41) is 0. The molecule has 0 aromatic heterocycles. The first kappa shape index (κ1) is 14.7. The lowest BCUT2D eigenvalue weighted by atomic mass is 10.1. The highest BCUT2D eigenvalue weighted by Gasteiger charge is 2.29. The molecule has 0 saturated carbocycles. The van der Waals surface area contributed by atoms with Crippen LogP contribution in [0.15, 0.2) is 24.3 Å². The van der Waals surface area contributed by atoms with Gasteiger partial charge >= 0.3 is 0 Å². The summed E-state index contributed by atoms with van der Waals surface area (Å²) >= 11 is 0. The van der Waals surface area contributed by atoms with Gasteiger partial charge in [-0.25, -0.2) is 0 Å². The zero-order valence-electron chi connectivity index (χ0n) is 12.4. The number of hydrogen-bond acceptors (Lipinski definition) is 4. The van der Waals surface area contributed by atoms with Gasteiger partial charge in [0.1, 0.15) is 5.75 Å². The van der Waals surface area contributed by atoms with Gasteiger partial charge in [-0.3, -0.25) is 9.69 Å². The van der Waals surface area contributed by atoms with Crippen LogP contribution in [0.1, 0.15) is 13.8 Å². The van der Waals surface area contributed by atoms with Gasteiger partial charge in [0.25, 0.3) is 5.91 Å². The minimum absolute atomic E-state index is 0.0139. The third-order valence-corrected chi connectivity index (χ3v) is 3.98. The fourth-order valence-corrected chi connectivity index (χ4v) is 2.45. The second-order valence-electron chi connectivity index (χ2n) is 5.49. The van der Waals surface area contributed by atoms with Crippen molar-refractivity contribution >= 4 is 11.6 Å². The van der Waals surface area contributed by atoms with Gasteiger partial charge in [-0.1, -0.05) is 12.1 Å². The molecule has 5 nitrogen and oxygen atoms in total. The Morgan fingerprint density at radius 2 is 1.90 bits per heavy atom. The van der Waals surface area contributed by atoms with E-state index in [1.165, 1.54) is 0 Å². The molecule has 1 amide bonds. The first-order valence-electron chi connectivity index (χ1n) is 6.96. The van der Waals surface area contributed by atoms with Gasteiger partial charge in [0, 0.05) is 25.2 Å². The molecule has 5 heteroatoms. The summed E-state index contributed by atoms with van der Waals surface area (Å²) in [7, 11) is 2.10. The summed E-state index contributed by atoms with van der Waals surface area (Å²) < 4.78 is 5.52. The lowest BCUT2D eigenvalue weighted by Gasteiger charge is -2.42. The summed E-state index contributed by atoms with van der Waals surface area (Å²) in [4.78, 5) is 16.4. The molecule has 2 N–H and O–H groups in total. The van der Waals surface area contributed by atoms with Gasteiger partial charge in [0.2, 0.25) is 0 Å². The molecule has 2 unspecified atom stereocenters.